The van der Waals surface area contributed by atoms with Crippen LogP contribution < -0.4 is 10.1 Å². The molecule has 0 aromatic heterocycles. The first-order valence-electron chi connectivity index (χ1n) is 10.6. The largest absolute Gasteiger partial charge is 0.493 e. The molecule has 0 radical (unpaired) electrons. The molecule has 1 aliphatic rings. The van der Waals surface area contributed by atoms with Gasteiger partial charge in [0.1, 0.15) is 12.4 Å². The van der Waals surface area contributed by atoms with E-state index in [4.69, 9.17) is 9.47 Å². The Kier molecular flexibility index (Phi) is 6.54. The van der Waals surface area contributed by atoms with Crippen LogP contribution in [0.2, 0.25) is 0 Å². The first kappa shape index (κ1) is 20.6. The van der Waals surface area contributed by atoms with Gasteiger partial charge in [-0.2, -0.15) is 0 Å². The number of benzene rings is 3. The first-order chi connectivity index (χ1) is 15.3. The molecule has 0 atom stereocenters. The smallest absolute Gasteiger partial charge is 0.407 e. The van der Waals surface area contributed by atoms with Gasteiger partial charge in [0.25, 0.3) is 0 Å². The third-order valence-electron chi connectivity index (χ3n) is 5.27. The van der Waals surface area contributed by atoms with Crippen molar-refractivity contribution in [2.75, 3.05) is 19.8 Å². The van der Waals surface area contributed by atoms with E-state index in [-0.39, 0.29) is 5.92 Å². The minimum atomic E-state index is -0.418. The summed E-state index contributed by atoms with van der Waals surface area (Å²) in [7, 11) is 0. The Hall–Kier alpha value is -3.71. The average molecular weight is 412 g/mol. The predicted octanol–water partition coefficient (Wildman–Crippen LogP) is 5.37. The van der Waals surface area contributed by atoms with Gasteiger partial charge in [-0.05, 0) is 41.3 Å². The van der Waals surface area contributed by atoms with Crippen LogP contribution in [0.5, 0.6) is 5.75 Å². The maximum Gasteiger partial charge on any atom is 0.407 e. The number of hydrogen-bond acceptors (Lipinski definition) is 3. The number of carbonyl (C=O) groups is 1. The van der Waals surface area contributed by atoms with E-state index in [0.717, 1.165) is 11.3 Å². The number of para-hydroxylation sites is 1. The predicted molar refractivity (Wildman–Crippen MR) is 122 cm³/mol. The fourth-order valence-corrected chi connectivity index (χ4v) is 3.89. The van der Waals surface area contributed by atoms with Crippen LogP contribution in [0.15, 0.2) is 72.8 Å². The summed E-state index contributed by atoms with van der Waals surface area (Å²) in [4.78, 5) is 12.2. The Bertz CT molecular complexity index is 1080. The molecule has 0 heterocycles. The number of amides is 1. The summed E-state index contributed by atoms with van der Waals surface area (Å²) in [6.45, 7) is 3.29. The van der Waals surface area contributed by atoms with Crippen LogP contribution in [0, 0.1) is 11.8 Å². The average Bonchev–Trinajstić information content (AvgIpc) is 3.12. The first-order valence-corrected chi connectivity index (χ1v) is 10.6. The van der Waals surface area contributed by atoms with Gasteiger partial charge < -0.3 is 14.8 Å². The van der Waals surface area contributed by atoms with E-state index in [2.05, 4.69) is 41.4 Å². The van der Waals surface area contributed by atoms with Crippen molar-refractivity contribution >= 4 is 6.09 Å². The second-order valence-electron chi connectivity index (χ2n) is 7.23. The molecule has 1 amide bonds. The number of alkyl carbamates (subject to hydrolysis) is 1. The fraction of sp³-hybridized carbons (Fsp3) is 0.222. The summed E-state index contributed by atoms with van der Waals surface area (Å²) >= 11 is 0. The molecule has 1 N–H and O–H groups in total. The summed E-state index contributed by atoms with van der Waals surface area (Å²) in [5, 5.41) is 2.79. The molecule has 156 valence electrons. The number of fused-ring (bicyclic) bond motifs is 3. The van der Waals surface area contributed by atoms with Crippen LogP contribution in [0.3, 0.4) is 0 Å². The normalized spacial score (nSPS) is 11.6. The van der Waals surface area contributed by atoms with Crippen molar-refractivity contribution in [3.8, 4) is 28.7 Å². The molecule has 3 aromatic carbocycles. The molecule has 4 rings (SSSR count). The topological polar surface area (TPSA) is 47.6 Å². The Morgan fingerprint density at radius 2 is 1.58 bits per heavy atom. The van der Waals surface area contributed by atoms with E-state index < -0.39 is 6.09 Å². The quantitative estimate of drug-likeness (QED) is 0.438. The summed E-state index contributed by atoms with van der Waals surface area (Å²) < 4.78 is 11.1. The van der Waals surface area contributed by atoms with Crippen molar-refractivity contribution in [1.82, 2.24) is 5.32 Å². The zero-order valence-corrected chi connectivity index (χ0v) is 17.6. The van der Waals surface area contributed by atoms with Crippen molar-refractivity contribution in [1.29, 1.82) is 0 Å². The van der Waals surface area contributed by atoms with Crippen molar-refractivity contribution in [2.45, 2.75) is 19.3 Å². The number of nitrogens with one attached hydrogen (secondary N) is 1. The minimum Gasteiger partial charge on any atom is -0.493 e. The highest BCUT2D eigenvalue weighted by Crippen LogP contribution is 2.44. The lowest BCUT2D eigenvalue weighted by molar-refractivity contribution is 0.143. The number of rotatable bonds is 6. The second kappa shape index (κ2) is 9.86. The van der Waals surface area contributed by atoms with E-state index in [1.54, 1.807) is 0 Å². The Labute approximate surface area is 183 Å². The molecule has 4 nitrogen and oxygen atoms in total. The second-order valence-corrected chi connectivity index (χ2v) is 7.23. The van der Waals surface area contributed by atoms with Crippen LogP contribution in [-0.4, -0.2) is 25.9 Å². The van der Waals surface area contributed by atoms with Crippen molar-refractivity contribution in [3.05, 3.63) is 89.5 Å². The maximum absolute atomic E-state index is 12.2. The van der Waals surface area contributed by atoms with Gasteiger partial charge in [-0.3, -0.25) is 0 Å². The Balaban J connectivity index is 1.29. The summed E-state index contributed by atoms with van der Waals surface area (Å²) in [5.74, 6) is 7.02. The Morgan fingerprint density at radius 1 is 0.935 bits per heavy atom. The number of carbonyl (C=O) groups excluding carboxylic acids is 1. The molecular weight excluding hydrogens is 386 g/mol. The van der Waals surface area contributed by atoms with Gasteiger partial charge in [-0.25, -0.2) is 4.79 Å². The molecule has 0 saturated heterocycles. The molecule has 0 unspecified atom stereocenters. The van der Waals surface area contributed by atoms with Crippen LogP contribution >= 0.6 is 0 Å². The third kappa shape index (κ3) is 4.73. The highest BCUT2D eigenvalue weighted by Gasteiger charge is 2.28. The molecule has 0 spiro atoms. The molecule has 3 aromatic rings. The third-order valence-corrected chi connectivity index (χ3v) is 5.27. The van der Waals surface area contributed by atoms with E-state index >= 15 is 0 Å². The summed E-state index contributed by atoms with van der Waals surface area (Å²) in [6.07, 6.45) is 0.114. The van der Waals surface area contributed by atoms with E-state index in [9.17, 15) is 4.79 Å². The van der Waals surface area contributed by atoms with Crippen LogP contribution in [0.25, 0.3) is 11.1 Å². The van der Waals surface area contributed by atoms with Gasteiger partial charge in [0.2, 0.25) is 0 Å². The van der Waals surface area contributed by atoms with Gasteiger partial charge in [0.05, 0.1) is 12.2 Å². The molecule has 31 heavy (non-hydrogen) atoms. The highest BCUT2D eigenvalue weighted by atomic mass is 16.5. The molecular formula is C27H25NO3. The lowest BCUT2D eigenvalue weighted by Gasteiger charge is -2.14. The fourth-order valence-electron chi connectivity index (χ4n) is 3.89. The van der Waals surface area contributed by atoms with Crippen LogP contribution in [0.4, 0.5) is 4.79 Å². The van der Waals surface area contributed by atoms with Crippen molar-refractivity contribution in [3.63, 3.8) is 0 Å². The van der Waals surface area contributed by atoms with Crippen molar-refractivity contribution < 1.29 is 14.3 Å². The van der Waals surface area contributed by atoms with Gasteiger partial charge in [-0.15, -0.1) is 0 Å². The molecule has 0 aliphatic heterocycles. The van der Waals surface area contributed by atoms with Crippen LogP contribution in [-0.2, 0) is 4.74 Å². The molecule has 0 bridgehead atoms. The molecule has 0 saturated carbocycles. The zero-order valence-electron chi connectivity index (χ0n) is 17.6. The van der Waals surface area contributed by atoms with Gasteiger partial charge in [0, 0.05) is 18.9 Å². The summed E-state index contributed by atoms with van der Waals surface area (Å²) in [5.41, 5.74) is 5.69. The minimum absolute atomic E-state index is 0.0630. The summed E-state index contributed by atoms with van der Waals surface area (Å²) in [6, 6.07) is 24.3. The van der Waals surface area contributed by atoms with E-state index in [0.29, 0.717) is 26.2 Å². The van der Waals surface area contributed by atoms with Gasteiger partial charge >= 0.3 is 6.09 Å². The lowest BCUT2D eigenvalue weighted by Crippen LogP contribution is -2.26. The number of hydrogen-bond donors (Lipinski definition) is 1. The van der Waals surface area contributed by atoms with E-state index in [1.165, 1.54) is 22.3 Å². The Morgan fingerprint density at radius 3 is 2.29 bits per heavy atom. The van der Waals surface area contributed by atoms with Gasteiger partial charge in [0.15, 0.2) is 0 Å². The van der Waals surface area contributed by atoms with E-state index in [1.807, 2.05) is 55.5 Å². The van der Waals surface area contributed by atoms with Gasteiger partial charge in [-0.1, -0.05) is 72.5 Å². The highest BCUT2D eigenvalue weighted by molar-refractivity contribution is 5.79. The number of ether oxygens (including phenoxy) is 2. The molecule has 4 heteroatoms. The molecule has 1 aliphatic carbocycles. The standard InChI is InChI=1S/C27H25NO3/c1-2-30-26-17-8-3-11-20(26)12-9-10-18-28-27(29)31-19-25-23-15-6-4-13-21(23)22-14-5-7-16-24(22)25/h3-8,11,13-17,25H,2,10,18-19H2,1H3,(H,28,29). The SMILES string of the molecule is CCOc1ccccc1C#CCCNC(=O)OCC1c2ccccc2-c2ccccc21. The maximum atomic E-state index is 12.2. The van der Waals surface area contributed by atoms with Crippen molar-refractivity contribution in [2.24, 2.45) is 0 Å². The monoisotopic (exact) mass is 411 g/mol. The zero-order chi connectivity index (χ0) is 21.5. The molecule has 0 fully saturated rings. The lowest BCUT2D eigenvalue weighted by atomic mass is 9.98. The van der Waals surface area contributed by atoms with Crippen LogP contribution in [0.1, 0.15) is 36.0 Å².